The maximum Gasteiger partial charge on any atom is 0.237 e. The van der Waals surface area contributed by atoms with E-state index in [1.807, 2.05) is 44.0 Å². The number of ether oxygens (including phenoxy) is 2. The molecule has 3 rings (SSSR count). The van der Waals surface area contributed by atoms with E-state index in [-0.39, 0.29) is 23.8 Å². The molecule has 1 amide bonds. The first kappa shape index (κ1) is 19.2. The molecule has 0 radical (unpaired) electrons. The van der Waals surface area contributed by atoms with Crippen LogP contribution in [0, 0.1) is 5.82 Å². The fraction of sp³-hybridized carbons (Fsp3) is 0.381. The van der Waals surface area contributed by atoms with Crippen molar-refractivity contribution in [1.29, 1.82) is 0 Å². The number of halogens is 1. The van der Waals surface area contributed by atoms with Gasteiger partial charge in [-0.25, -0.2) is 4.39 Å². The number of rotatable bonds is 6. The Morgan fingerprint density at radius 2 is 1.78 bits per heavy atom. The molecule has 0 bridgehead atoms. The molecule has 2 atom stereocenters. The van der Waals surface area contributed by atoms with E-state index in [1.54, 1.807) is 12.1 Å². The number of likely N-dealkylation sites (N-methyl/N-ethyl adjacent to an activating group) is 1. The number of amides is 1. The van der Waals surface area contributed by atoms with E-state index in [4.69, 9.17) is 9.47 Å². The molecule has 0 unspecified atom stereocenters. The molecule has 2 aromatic rings. The number of carbonyl (C=O) groups excluding carboxylic acids is 1. The summed E-state index contributed by atoms with van der Waals surface area (Å²) >= 11 is 0. The molecule has 1 heterocycles. The number of benzene rings is 2. The summed E-state index contributed by atoms with van der Waals surface area (Å²) in [5, 5.41) is 2.98. The van der Waals surface area contributed by atoms with Crippen LogP contribution in [-0.4, -0.2) is 37.1 Å². The predicted octanol–water partition coefficient (Wildman–Crippen LogP) is 3.29. The molecular weight excluding hydrogens is 347 g/mol. The zero-order valence-corrected chi connectivity index (χ0v) is 15.9. The molecule has 0 spiro atoms. The molecular formula is C21H25FN2O3. The van der Waals surface area contributed by atoms with Crippen LogP contribution >= 0.6 is 0 Å². The van der Waals surface area contributed by atoms with Crippen molar-refractivity contribution >= 4 is 5.91 Å². The topological polar surface area (TPSA) is 50.8 Å². The summed E-state index contributed by atoms with van der Waals surface area (Å²) in [7, 11) is 1.91. The average Bonchev–Trinajstić information content (AvgIpc) is 2.67. The molecule has 1 aliphatic heterocycles. The Morgan fingerprint density at radius 1 is 1.11 bits per heavy atom. The van der Waals surface area contributed by atoms with Crippen molar-refractivity contribution in [1.82, 2.24) is 10.2 Å². The van der Waals surface area contributed by atoms with Gasteiger partial charge in [-0.3, -0.25) is 9.69 Å². The Bertz CT molecular complexity index is 795. The van der Waals surface area contributed by atoms with Gasteiger partial charge in [-0.15, -0.1) is 0 Å². The second kappa shape index (κ2) is 8.39. The minimum Gasteiger partial charge on any atom is -0.486 e. The lowest BCUT2D eigenvalue weighted by Crippen LogP contribution is -2.43. The second-order valence-electron chi connectivity index (χ2n) is 6.85. The molecule has 144 valence electrons. The number of hydrogen-bond donors (Lipinski definition) is 1. The highest BCUT2D eigenvalue weighted by Gasteiger charge is 2.21. The van der Waals surface area contributed by atoms with Crippen molar-refractivity contribution in [3.05, 3.63) is 59.4 Å². The summed E-state index contributed by atoms with van der Waals surface area (Å²) in [5.74, 6) is 1.14. The van der Waals surface area contributed by atoms with Crippen LogP contribution in [-0.2, 0) is 11.3 Å². The van der Waals surface area contributed by atoms with Gasteiger partial charge >= 0.3 is 0 Å². The third-order valence-electron chi connectivity index (χ3n) is 4.81. The SMILES string of the molecule is C[C@H](NC(=O)[C@H](C)N(C)Cc1ccc2c(c1)OCCO2)c1ccc(F)cc1. The van der Waals surface area contributed by atoms with Crippen LogP contribution in [0.4, 0.5) is 4.39 Å². The summed E-state index contributed by atoms with van der Waals surface area (Å²) in [4.78, 5) is 14.6. The minimum absolute atomic E-state index is 0.0770. The summed E-state index contributed by atoms with van der Waals surface area (Å²) in [6.45, 7) is 5.47. The maximum atomic E-state index is 13.0. The lowest BCUT2D eigenvalue weighted by atomic mass is 10.1. The van der Waals surface area contributed by atoms with Crippen molar-refractivity contribution in [3.8, 4) is 11.5 Å². The van der Waals surface area contributed by atoms with E-state index in [0.29, 0.717) is 19.8 Å². The number of nitrogens with zero attached hydrogens (tertiary/aromatic N) is 1. The second-order valence-corrected chi connectivity index (χ2v) is 6.85. The summed E-state index contributed by atoms with van der Waals surface area (Å²) < 4.78 is 24.2. The highest BCUT2D eigenvalue weighted by atomic mass is 19.1. The summed E-state index contributed by atoms with van der Waals surface area (Å²) in [6.07, 6.45) is 0. The van der Waals surface area contributed by atoms with E-state index in [2.05, 4.69) is 5.32 Å². The summed E-state index contributed by atoms with van der Waals surface area (Å²) in [6, 6.07) is 11.5. The lowest BCUT2D eigenvalue weighted by Gasteiger charge is -2.26. The van der Waals surface area contributed by atoms with Gasteiger partial charge in [-0.05, 0) is 56.3 Å². The first-order valence-electron chi connectivity index (χ1n) is 9.08. The molecule has 2 aromatic carbocycles. The monoisotopic (exact) mass is 372 g/mol. The molecule has 0 saturated carbocycles. The van der Waals surface area contributed by atoms with E-state index < -0.39 is 0 Å². The Labute approximate surface area is 159 Å². The van der Waals surface area contributed by atoms with Crippen molar-refractivity contribution in [2.75, 3.05) is 20.3 Å². The third kappa shape index (κ3) is 4.77. The molecule has 1 N–H and O–H groups in total. The smallest absolute Gasteiger partial charge is 0.237 e. The van der Waals surface area contributed by atoms with Crippen molar-refractivity contribution < 1.29 is 18.7 Å². The Balaban J connectivity index is 1.58. The predicted molar refractivity (Wildman–Crippen MR) is 101 cm³/mol. The van der Waals surface area contributed by atoms with Gasteiger partial charge in [0.1, 0.15) is 19.0 Å². The van der Waals surface area contributed by atoms with Crippen molar-refractivity contribution in [2.45, 2.75) is 32.5 Å². The van der Waals surface area contributed by atoms with Crippen molar-refractivity contribution in [3.63, 3.8) is 0 Å². The van der Waals surface area contributed by atoms with Gasteiger partial charge in [-0.2, -0.15) is 0 Å². The number of carbonyl (C=O) groups is 1. The molecule has 0 aliphatic carbocycles. The van der Waals surface area contributed by atoms with Crippen LogP contribution < -0.4 is 14.8 Å². The molecule has 0 saturated heterocycles. The Kier molecular flexibility index (Phi) is 5.96. The first-order valence-corrected chi connectivity index (χ1v) is 9.08. The number of hydrogen-bond acceptors (Lipinski definition) is 4. The summed E-state index contributed by atoms with van der Waals surface area (Å²) in [5.41, 5.74) is 1.92. The van der Waals surface area contributed by atoms with E-state index >= 15 is 0 Å². The molecule has 27 heavy (non-hydrogen) atoms. The Morgan fingerprint density at radius 3 is 2.48 bits per heavy atom. The van der Waals surface area contributed by atoms with Gasteiger partial charge < -0.3 is 14.8 Å². The fourth-order valence-corrected chi connectivity index (χ4v) is 2.98. The average molecular weight is 372 g/mol. The minimum atomic E-state index is -0.318. The third-order valence-corrected chi connectivity index (χ3v) is 4.81. The van der Waals surface area contributed by atoms with E-state index in [1.165, 1.54) is 12.1 Å². The first-order chi connectivity index (χ1) is 12.9. The van der Waals surface area contributed by atoms with E-state index in [0.717, 1.165) is 22.6 Å². The van der Waals surface area contributed by atoms with Crippen LogP contribution in [0.1, 0.15) is 31.0 Å². The van der Waals surface area contributed by atoms with Gasteiger partial charge in [0.15, 0.2) is 11.5 Å². The molecule has 6 heteroatoms. The number of nitrogens with one attached hydrogen (secondary N) is 1. The zero-order valence-electron chi connectivity index (χ0n) is 15.9. The van der Waals surface area contributed by atoms with Gasteiger partial charge in [-0.1, -0.05) is 18.2 Å². The Hall–Kier alpha value is -2.60. The molecule has 0 fully saturated rings. The fourth-order valence-electron chi connectivity index (χ4n) is 2.98. The normalized spacial score (nSPS) is 15.3. The van der Waals surface area contributed by atoms with E-state index in [9.17, 15) is 9.18 Å². The van der Waals surface area contributed by atoms with Gasteiger partial charge in [0.2, 0.25) is 5.91 Å². The molecule has 5 nitrogen and oxygen atoms in total. The zero-order chi connectivity index (χ0) is 19.4. The van der Waals surface area contributed by atoms with Crippen LogP contribution in [0.15, 0.2) is 42.5 Å². The standard InChI is InChI=1S/C21H25FN2O3/c1-14(17-5-7-18(22)8-6-17)23-21(25)15(2)24(3)13-16-4-9-19-20(12-16)27-11-10-26-19/h4-9,12,14-15H,10-11,13H2,1-3H3,(H,23,25)/t14-,15-/m0/s1. The largest absolute Gasteiger partial charge is 0.486 e. The quantitative estimate of drug-likeness (QED) is 0.845. The highest BCUT2D eigenvalue weighted by molar-refractivity contribution is 5.81. The van der Waals surface area contributed by atoms with Crippen LogP contribution in [0.2, 0.25) is 0 Å². The number of fused-ring (bicyclic) bond motifs is 1. The molecule has 0 aromatic heterocycles. The maximum absolute atomic E-state index is 13.0. The van der Waals surface area contributed by atoms with Gasteiger partial charge in [0.25, 0.3) is 0 Å². The van der Waals surface area contributed by atoms with Crippen molar-refractivity contribution in [2.24, 2.45) is 0 Å². The molecule has 1 aliphatic rings. The van der Waals surface area contributed by atoms with Gasteiger partial charge in [0.05, 0.1) is 12.1 Å². The highest BCUT2D eigenvalue weighted by Crippen LogP contribution is 2.31. The van der Waals surface area contributed by atoms with Crippen LogP contribution in [0.3, 0.4) is 0 Å². The lowest BCUT2D eigenvalue weighted by molar-refractivity contribution is -0.126. The van der Waals surface area contributed by atoms with Crippen LogP contribution in [0.25, 0.3) is 0 Å². The van der Waals surface area contributed by atoms with Crippen LogP contribution in [0.5, 0.6) is 11.5 Å². The van der Waals surface area contributed by atoms with Gasteiger partial charge in [0, 0.05) is 6.54 Å².